The maximum atomic E-state index is 13.0. The van der Waals surface area contributed by atoms with E-state index in [2.05, 4.69) is 22.6 Å². The highest BCUT2D eigenvalue weighted by Crippen LogP contribution is 2.27. The first-order valence-electron chi connectivity index (χ1n) is 7.03. The van der Waals surface area contributed by atoms with E-state index in [0.717, 1.165) is 8.96 Å². The molecule has 0 amide bonds. The van der Waals surface area contributed by atoms with E-state index in [9.17, 15) is 9.59 Å². The van der Waals surface area contributed by atoms with Crippen molar-refractivity contribution in [1.82, 2.24) is 4.57 Å². The van der Waals surface area contributed by atoms with Crippen molar-refractivity contribution < 1.29 is 14.3 Å². The van der Waals surface area contributed by atoms with Gasteiger partial charge in [0.05, 0.1) is 18.2 Å². The summed E-state index contributed by atoms with van der Waals surface area (Å²) in [5.41, 5.74) is 2.30. The molecule has 23 heavy (non-hydrogen) atoms. The second-order valence-electron chi connectivity index (χ2n) is 5.12. The summed E-state index contributed by atoms with van der Waals surface area (Å²) in [5.74, 6) is -0.597. The molecule has 0 radical (unpaired) electrons. The summed E-state index contributed by atoms with van der Waals surface area (Å²) in [5, 5.41) is 0.718. The van der Waals surface area contributed by atoms with Crippen molar-refractivity contribution in [2.75, 3.05) is 7.11 Å². The number of fused-ring (bicyclic) bond motifs is 1. The van der Waals surface area contributed by atoms with Crippen molar-refractivity contribution >= 4 is 45.4 Å². The van der Waals surface area contributed by atoms with Gasteiger partial charge >= 0.3 is 5.97 Å². The van der Waals surface area contributed by atoms with Crippen LogP contribution in [0.3, 0.4) is 0 Å². The SMILES string of the molecule is COC(=O)c1c(C)n(C(=O)c2cccc(I)c2)c2ccccc12. The van der Waals surface area contributed by atoms with Gasteiger partial charge in [-0.05, 0) is 53.8 Å². The molecule has 5 heteroatoms. The summed E-state index contributed by atoms with van der Waals surface area (Å²) in [6.07, 6.45) is 0. The Morgan fingerprint density at radius 2 is 1.83 bits per heavy atom. The summed E-state index contributed by atoms with van der Waals surface area (Å²) in [4.78, 5) is 25.1. The predicted octanol–water partition coefficient (Wildman–Crippen LogP) is 4.03. The molecule has 3 rings (SSSR count). The van der Waals surface area contributed by atoms with Gasteiger partial charge in [-0.2, -0.15) is 0 Å². The van der Waals surface area contributed by atoms with Gasteiger partial charge in [-0.25, -0.2) is 4.79 Å². The molecule has 0 fully saturated rings. The zero-order valence-corrected chi connectivity index (χ0v) is 14.8. The number of ether oxygens (including phenoxy) is 1. The number of aromatic nitrogens is 1. The molecule has 116 valence electrons. The molecule has 1 heterocycles. The monoisotopic (exact) mass is 419 g/mol. The molecule has 0 saturated carbocycles. The van der Waals surface area contributed by atoms with Crippen molar-refractivity contribution in [1.29, 1.82) is 0 Å². The highest BCUT2D eigenvalue weighted by Gasteiger charge is 2.24. The van der Waals surface area contributed by atoms with Crippen molar-refractivity contribution in [2.24, 2.45) is 0 Å². The molecule has 0 N–H and O–H groups in total. The molecule has 3 aromatic rings. The van der Waals surface area contributed by atoms with E-state index in [1.807, 2.05) is 42.5 Å². The average molecular weight is 419 g/mol. The van der Waals surface area contributed by atoms with Crippen molar-refractivity contribution in [3.8, 4) is 0 Å². The van der Waals surface area contributed by atoms with Gasteiger partial charge < -0.3 is 4.74 Å². The van der Waals surface area contributed by atoms with Crippen LogP contribution < -0.4 is 0 Å². The topological polar surface area (TPSA) is 48.3 Å². The van der Waals surface area contributed by atoms with Crippen molar-refractivity contribution in [3.05, 3.63) is 68.9 Å². The minimum absolute atomic E-state index is 0.160. The van der Waals surface area contributed by atoms with Crippen LogP contribution in [0.15, 0.2) is 48.5 Å². The van der Waals surface area contributed by atoms with Gasteiger partial charge in [0.2, 0.25) is 0 Å². The first kappa shape index (κ1) is 15.7. The Hall–Kier alpha value is -2.15. The van der Waals surface area contributed by atoms with Crippen molar-refractivity contribution in [2.45, 2.75) is 6.92 Å². The first-order chi connectivity index (χ1) is 11.0. The fourth-order valence-electron chi connectivity index (χ4n) is 2.74. The molecule has 2 aromatic carbocycles. The Balaban J connectivity index is 2.28. The van der Waals surface area contributed by atoms with Crippen LogP contribution in [0.4, 0.5) is 0 Å². The van der Waals surface area contributed by atoms with Crippen LogP contribution in [-0.4, -0.2) is 23.6 Å². The van der Waals surface area contributed by atoms with Crippen LogP contribution in [-0.2, 0) is 4.74 Å². The molecule has 0 bridgehead atoms. The molecule has 4 nitrogen and oxygen atoms in total. The number of nitrogens with zero attached hydrogens (tertiary/aromatic N) is 1. The van der Waals surface area contributed by atoms with Crippen LogP contribution in [0.1, 0.15) is 26.4 Å². The molecule has 0 atom stereocenters. The highest BCUT2D eigenvalue weighted by molar-refractivity contribution is 14.1. The van der Waals surface area contributed by atoms with Gasteiger partial charge in [-0.15, -0.1) is 0 Å². The summed E-state index contributed by atoms with van der Waals surface area (Å²) in [6.45, 7) is 1.76. The first-order valence-corrected chi connectivity index (χ1v) is 8.11. The smallest absolute Gasteiger partial charge is 0.340 e. The third-order valence-corrected chi connectivity index (χ3v) is 4.45. The molecule has 0 spiro atoms. The Bertz CT molecular complexity index is 927. The van der Waals surface area contributed by atoms with Crippen LogP contribution >= 0.6 is 22.6 Å². The zero-order chi connectivity index (χ0) is 16.6. The molecule has 0 unspecified atom stereocenters. The van der Waals surface area contributed by atoms with Crippen molar-refractivity contribution in [3.63, 3.8) is 0 Å². The summed E-state index contributed by atoms with van der Waals surface area (Å²) < 4.78 is 7.44. The number of benzene rings is 2. The van der Waals surface area contributed by atoms with Gasteiger partial charge in [0, 0.05) is 20.2 Å². The number of hydrogen-bond acceptors (Lipinski definition) is 3. The lowest BCUT2D eigenvalue weighted by atomic mass is 10.1. The zero-order valence-electron chi connectivity index (χ0n) is 12.7. The number of methoxy groups -OCH3 is 1. The Morgan fingerprint density at radius 1 is 1.09 bits per heavy atom. The molecule has 1 aromatic heterocycles. The van der Waals surface area contributed by atoms with Gasteiger partial charge in [-0.1, -0.05) is 24.3 Å². The Labute approximate surface area is 147 Å². The number of para-hydroxylation sites is 1. The summed E-state index contributed by atoms with van der Waals surface area (Å²) in [7, 11) is 1.34. The standard InChI is InChI=1S/C18H14INO3/c1-11-16(18(22)23-2)14-8-3-4-9-15(14)20(11)17(21)12-6-5-7-13(19)10-12/h3-10H,1-2H3. The fraction of sp³-hybridized carbons (Fsp3) is 0.111. The fourth-order valence-corrected chi connectivity index (χ4v) is 3.28. The van der Waals surface area contributed by atoms with Gasteiger partial charge in [0.1, 0.15) is 0 Å². The lowest BCUT2D eigenvalue weighted by Gasteiger charge is -2.07. The average Bonchev–Trinajstić information content (AvgIpc) is 2.85. The Morgan fingerprint density at radius 3 is 2.52 bits per heavy atom. The lowest BCUT2D eigenvalue weighted by Crippen LogP contribution is -2.14. The maximum absolute atomic E-state index is 13.0. The van der Waals surface area contributed by atoms with E-state index >= 15 is 0 Å². The van der Waals surface area contributed by atoms with Crippen LogP contribution in [0.5, 0.6) is 0 Å². The van der Waals surface area contributed by atoms with Crippen LogP contribution in [0.2, 0.25) is 0 Å². The van der Waals surface area contributed by atoms with Gasteiger partial charge in [0.15, 0.2) is 0 Å². The number of carbonyl (C=O) groups excluding carboxylic acids is 2. The molecular weight excluding hydrogens is 405 g/mol. The number of esters is 1. The van der Waals surface area contributed by atoms with E-state index in [4.69, 9.17) is 4.74 Å². The molecule has 0 saturated heterocycles. The van der Waals surface area contributed by atoms with Gasteiger partial charge in [-0.3, -0.25) is 9.36 Å². The second-order valence-corrected chi connectivity index (χ2v) is 6.37. The largest absolute Gasteiger partial charge is 0.465 e. The van der Waals surface area contributed by atoms with Crippen LogP contribution in [0.25, 0.3) is 10.9 Å². The molecule has 0 aliphatic carbocycles. The molecule has 0 aliphatic heterocycles. The quantitative estimate of drug-likeness (QED) is 0.466. The maximum Gasteiger partial charge on any atom is 0.340 e. The number of hydrogen-bond donors (Lipinski definition) is 0. The predicted molar refractivity (Wildman–Crippen MR) is 96.9 cm³/mol. The van der Waals surface area contributed by atoms with E-state index in [0.29, 0.717) is 22.3 Å². The van der Waals surface area contributed by atoms with E-state index in [1.165, 1.54) is 7.11 Å². The van der Waals surface area contributed by atoms with Gasteiger partial charge in [0.25, 0.3) is 5.91 Å². The number of halogens is 1. The molecule has 0 aliphatic rings. The lowest BCUT2D eigenvalue weighted by molar-refractivity contribution is 0.0602. The third kappa shape index (κ3) is 2.65. The third-order valence-electron chi connectivity index (χ3n) is 3.78. The number of rotatable bonds is 2. The second kappa shape index (κ2) is 6.16. The Kier molecular flexibility index (Phi) is 4.21. The minimum atomic E-state index is -0.437. The van der Waals surface area contributed by atoms with E-state index in [-0.39, 0.29) is 5.91 Å². The summed E-state index contributed by atoms with van der Waals surface area (Å²) in [6, 6.07) is 14.7. The van der Waals surface area contributed by atoms with E-state index in [1.54, 1.807) is 17.6 Å². The normalized spacial score (nSPS) is 10.7. The van der Waals surface area contributed by atoms with Crippen LogP contribution in [0, 0.1) is 10.5 Å². The summed E-state index contributed by atoms with van der Waals surface area (Å²) >= 11 is 2.17. The molecular formula is C18H14INO3. The van der Waals surface area contributed by atoms with E-state index < -0.39 is 5.97 Å². The highest BCUT2D eigenvalue weighted by atomic mass is 127. The minimum Gasteiger partial charge on any atom is -0.465 e. The number of carbonyl (C=O) groups is 2.